The summed E-state index contributed by atoms with van der Waals surface area (Å²) >= 11 is 0. The summed E-state index contributed by atoms with van der Waals surface area (Å²) in [6, 6.07) is 26.7. The number of aromatic amines is 1. The Morgan fingerprint density at radius 1 is 0.956 bits per heavy atom. The maximum Gasteiger partial charge on any atom is 0.252 e. The number of amides is 1. The Labute approximate surface area is 260 Å². The van der Waals surface area contributed by atoms with Gasteiger partial charge in [0.25, 0.3) is 5.91 Å². The Kier molecular flexibility index (Phi) is 7.52. The molecule has 0 saturated carbocycles. The van der Waals surface area contributed by atoms with Gasteiger partial charge in [0, 0.05) is 65.2 Å². The van der Waals surface area contributed by atoms with Crippen molar-refractivity contribution in [1.29, 1.82) is 0 Å². The van der Waals surface area contributed by atoms with Gasteiger partial charge >= 0.3 is 0 Å². The minimum absolute atomic E-state index is 0.121. The lowest BCUT2D eigenvalue weighted by molar-refractivity contribution is 0.0942. The number of nitrogens with two attached hydrogens (primary N) is 1. The van der Waals surface area contributed by atoms with Crippen LogP contribution in [0.2, 0.25) is 0 Å². The number of piperidine rings is 1. The van der Waals surface area contributed by atoms with Crippen molar-refractivity contribution in [1.82, 2.24) is 19.9 Å². The molecule has 0 aliphatic carbocycles. The molecule has 8 nitrogen and oxygen atoms in total. The number of phenols is 1. The SMILES string of the molecule is NC1CCN(c2ccc(-c3cc(C(=O)NC(c4cc5ccccc5[nH]4)c4cc(F)ccc4O)cc(-n4ccnc4)c3)cc2)CC1. The molecule has 4 aromatic carbocycles. The monoisotopic (exact) mass is 600 g/mol. The predicted octanol–water partition coefficient (Wildman–Crippen LogP) is 6.31. The third-order valence-electron chi connectivity index (χ3n) is 8.53. The van der Waals surface area contributed by atoms with E-state index >= 15 is 0 Å². The molecule has 0 radical (unpaired) electrons. The number of carbonyl (C=O) groups excluding carboxylic acids is 1. The van der Waals surface area contributed by atoms with E-state index in [9.17, 15) is 14.3 Å². The zero-order valence-corrected chi connectivity index (χ0v) is 24.5. The van der Waals surface area contributed by atoms with Crippen LogP contribution < -0.4 is 16.0 Å². The number of benzene rings is 4. The summed E-state index contributed by atoms with van der Waals surface area (Å²) in [4.78, 5) is 23.9. The number of nitrogens with one attached hydrogen (secondary N) is 2. The van der Waals surface area contributed by atoms with E-state index in [1.807, 2.05) is 53.2 Å². The topological polar surface area (TPSA) is 112 Å². The van der Waals surface area contributed by atoms with E-state index in [1.54, 1.807) is 18.6 Å². The van der Waals surface area contributed by atoms with Gasteiger partial charge in [-0.25, -0.2) is 9.37 Å². The summed E-state index contributed by atoms with van der Waals surface area (Å²) in [5.74, 6) is -1.02. The predicted molar refractivity (Wildman–Crippen MR) is 174 cm³/mol. The van der Waals surface area contributed by atoms with Crippen LogP contribution in [0, 0.1) is 5.82 Å². The molecular weight excluding hydrogens is 567 g/mol. The number of anilines is 1. The number of aromatic nitrogens is 3. The summed E-state index contributed by atoms with van der Waals surface area (Å²) in [5, 5.41) is 14.8. The number of carbonyl (C=O) groups is 1. The lowest BCUT2D eigenvalue weighted by Crippen LogP contribution is -2.39. The Morgan fingerprint density at radius 3 is 2.51 bits per heavy atom. The molecule has 1 unspecified atom stereocenters. The normalized spacial score (nSPS) is 14.5. The molecule has 1 amide bonds. The molecule has 226 valence electrons. The Balaban J connectivity index is 1.25. The van der Waals surface area contributed by atoms with E-state index in [0.717, 1.165) is 59.3 Å². The van der Waals surface area contributed by atoms with Crippen LogP contribution in [0.25, 0.3) is 27.7 Å². The first-order valence-corrected chi connectivity index (χ1v) is 15.0. The molecular formula is C36H33FN6O2. The number of hydrogen-bond donors (Lipinski definition) is 4. The first-order valence-electron chi connectivity index (χ1n) is 15.0. The Hall–Kier alpha value is -5.41. The standard InChI is InChI=1S/C36H33FN6O2/c37-27-7-10-34(44)31(21-27)35(33-20-24-3-1-2-4-32(24)40-33)41-36(45)26-17-25(18-30(19-26)43-16-13-39-22-43)23-5-8-29(9-6-23)42-14-11-28(38)12-15-42/h1-10,13,16-22,28,35,40,44H,11-12,14-15,38H2,(H,41,45). The maximum absolute atomic E-state index is 14.5. The van der Waals surface area contributed by atoms with Gasteiger partial charge in [-0.15, -0.1) is 0 Å². The van der Waals surface area contributed by atoms with E-state index in [1.165, 1.54) is 18.2 Å². The van der Waals surface area contributed by atoms with Gasteiger partial charge in [-0.3, -0.25) is 4.79 Å². The average Bonchev–Trinajstić information content (AvgIpc) is 3.76. The van der Waals surface area contributed by atoms with Gasteiger partial charge in [0.1, 0.15) is 11.6 Å². The Morgan fingerprint density at radius 2 is 1.76 bits per heavy atom. The molecule has 3 heterocycles. The zero-order valence-electron chi connectivity index (χ0n) is 24.5. The number of halogens is 1. The molecule has 7 rings (SSSR count). The van der Waals surface area contributed by atoms with Crippen LogP contribution >= 0.6 is 0 Å². The molecule has 2 aromatic heterocycles. The fourth-order valence-corrected chi connectivity index (χ4v) is 6.04. The highest BCUT2D eigenvalue weighted by Crippen LogP contribution is 2.33. The van der Waals surface area contributed by atoms with Gasteiger partial charge in [0.2, 0.25) is 0 Å². The van der Waals surface area contributed by atoms with E-state index in [4.69, 9.17) is 5.73 Å². The number of para-hydroxylation sites is 1. The molecule has 1 aliphatic rings. The lowest BCUT2D eigenvalue weighted by Gasteiger charge is -2.32. The van der Waals surface area contributed by atoms with E-state index < -0.39 is 11.9 Å². The molecule has 1 aliphatic heterocycles. The van der Waals surface area contributed by atoms with Gasteiger partial charge in [0.05, 0.1) is 12.4 Å². The van der Waals surface area contributed by atoms with Crippen LogP contribution in [0.15, 0.2) is 110 Å². The van der Waals surface area contributed by atoms with Crippen LogP contribution in [-0.2, 0) is 0 Å². The van der Waals surface area contributed by atoms with Crippen LogP contribution in [0.5, 0.6) is 5.75 Å². The zero-order chi connectivity index (χ0) is 30.9. The van der Waals surface area contributed by atoms with E-state index in [2.05, 4.69) is 44.5 Å². The summed E-state index contributed by atoms with van der Waals surface area (Å²) in [6.45, 7) is 1.86. The molecule has 0 bridgehead atoms. The van der Waals surface area contributed by atoms with Crippen LogP contribution in [0.3, 0.4) is 0 Å². The minimum atomic E-state index is -0.849. The second kappa shape index (κ2) is 11.9. The summed E-state index contributed by atoms with van der Waals surface area (Å²) in [7, 11) is 0. The van der Waals surface area contributed by atoms with E-state index in [0.29, 0.717) is 11.3 Å². The Bertz CT molecular complexity index is 1930. The van der Waals surface area contributed by atoms with Gasteiger partial charge in [-0.2, -0.15) is 0 Å². The molecule has 1 atom stereocenters. The highest BCUT2D eigenvalue weighted by Gasteiger charge is 2.24. The first kappa shape index (κ1) is 28.4. The molecule has 1 saturated heterocycles. The number of phenolic OH excluding ortho intramolecular Hbond substituents is 1. The fourth-order valence-electron chi connectivity index (χ4n) is 6.04. The molecule has 5 N–H and O–H groups in total. The summed E-state index contributed by atoms with van der Waals surface area (Å²) in [5.41, 5.74) is 12.0. The maximum atomic E-state index is 14.5. The third kappa shape index (κ3) is 5.90. The minimum Gasteiger partial charge on any atom is -0.508 e. The fraction of sp³-hybridized carbons (Fsp3) is 0.167. The molecule has 0 spiro atoms. The van der Waals surface area contributed by atoms with Crippen molar-refractivity contribution in [2.24, 2.45) is 5.73 Å². The number of imidazole rings is 1. The number of fused-ring (bicyclic) bond motifs is 1. The van der Waals surface area contributed by atoms with Crippen LogP contribution in [0.4, 0.5) is 10.1 Å². The highest BCUT2D eigenvalue weighted by atomic mass is 19.1. The lowest BCUT2D eigenvalue weighted by atomic mass is 9.99. The highest BCUT2D eigenvalue weighted by molar-refractivity contribution is 5.97. The first-order chi connectivity index (χ1) is 21.9. The van der Waals surface area contributed by atoms with Crippen LogP contribution in [-0.4, -0.2) is 44.7 Å². The van der Waals surface area contributed by atoms with Gasteiger partial charge in [0.15, 0.2) is 0 Å². The number of nitrogens with zero attached hydrogens (tertiary/aromatic N) is 3. The molecule has 45 heavy (non-hydrogen) atoms. The number of rotatable bonds is 7. The second-order valence-corrected chi connectivity index (χ2v) is 11.5. The molecule has 1 fully saturated rings. The second-order valence-electron chi connectivity index (χ2n) is 11.5. The van der Waals surface area contributed by atoms with Gasteiger partial charge in [-0.1, -0.05) is 30.3 Å². The average molecular weight is 601 g/mol. The largest absolute Gasteiger partial charge is 0.508 e. The van der Waals surface area contributed by atoms with Gasteiger partial charge in [-0.05, 0) is 90.0 Å². The summed E-state index contributed by atoms with van der Waals surface area (Å²) < 4.78 is 16.3. The number of hydrogen-bond acceptors (Lipinski definition) is 5. The summed E-state index contributed by atoms with van der Waals surface area (Å²) in [6.07, 6.45) is 7.14. The van der Waals surface area contributed by atoms with Crippen molar-refractivity contribution in [3.63, 3.8) is 0 Å². The van der Waals surface area contributed by atoms with Crippen molar-refractivity contribution in [3.05, 3.63) is 132 Å². The van der Waals surface area contributed by atoms with E-state index in [-0.39, 0.29) is 23.3 Å². The molecule has 9 heteroatoms. The van der Waals surface area contributed by atoms with Crippen molar-refractivity contribution in [2.45, 2.75) is 24.9 Å². The number of aromatic hydroxyl groups is 1. The van der Waals surface area contributed by atoms with Crippen molar-refractivity contribution < 1.29 is 14.3 Å². The molecule has 6 aromatic rings. The van der Waals surface area contributed by atoms with Gasteiger partial charge < -0.3 is 30.6 Å². The smallest absolute Gasteiger partial charge is 0.252 e. The third-order valence-corrected chi connectivity index (χ3v) is 8.53. The van der Waals surface area contributed by atoms with Crippen molar-refractivity contribution >= 4 is 22.5 Å². The number of H-pyrrole nitrogens is 1. The quantitative estimate of drug-likeness (QED) is 0.172. The van der Waals surface area contributed by atoms with Crippen molar-refractivity contribution in [3.8, 4) is 22.6 Å². The van der Waals surface area contributed by atoms with Crippen LogP contribution in [0.1, 0.15) is 40.5 Å². The van der Waals surface area contributed by atoms with Crippen molar-refractivity contribution in [2.75, 3.05) is 18.0 Å².